The summed E-state index contributed by atoms with van der Waals surface area (Å²) in [6, 6.07) is 9.31. The van der Waals surface area contributed by atoms with E-state index in [1.54, 1.807) is 6.07 Å². The zero-order valence-electron chi connectivity index (χ0n) is 19.7. The van der Waals surface area contributed by atoms with Gasteiger partial charge >= 0.3 is 0 Å². The lowest BCUT2D eigenvalue weighted by atomic mass is 9.79. The second kappa shape index (κ2) is 11.2. The third-order valence-corrected chi connectivity index (χ3v) is 9.11. The number of halogens is 4. The lowest BCUT2D eigenvalue weighted by Crippen LogP contribution is -2.46. The molecule has 0 unspecified atom stereocenters. The minimum absolute atomic E-state index is 0.0125. The molecule has 0 saturated heterocycles. The summed E-state index contributed by atoms with van der Waals surface area (Å²) in [4.78, 5) is 9.25. The van der Waals surface area contributed by atoms with Crippen LogP contribution in [0, 0.1) is 5.82 Å². The van der Waals surface area contributed by atoms with Crippen molar-refractivity contribution in [1.29, 1.82) is 0 Å². The summed E-state index contributed by atoms with van der Waals surface area (Å²) in [5, 5.41) is 1.06. The fourth-order valence-corrected chi connectivity index (χ4v) is 6.50. The standard InChI is InChI=1S/C25H25Cl3FN3O3S/c1-32(2)22-10-16(15-3-5-18(26)19(27)9-15)4-6-23(22)35-24-12-21(29)25(11-20(24)28)36(33,34)13-17-7-8-30-14-31-17/h3,5,7-9,11-12,14,16,22-23H,4,6,10,13H2,1-2H3/t16-,22-,23-/m0/s1. The SMILES string of the molecule is CN(C)[C@H]1C[C@@H](c2ccc(Cl)c(Cl)c2)CC[C@@H]1Oc1cc(F)c(S(=O)(=O)Cc2ccncn2)cc1Cl. The molecule has 6 nitrogen and oxygen atoms in total. The first-order chi connectivity index (χ1) is 17.0. The number of rotatable bonds is 7. The lowest BCUT2D eigenvalue weighted by Gasteiger charge is -2.40. The smallest absolute Gasteiger partial charge is 0.187 e. The van der Waals surface area contributed by atoms with Crippen molar-refractivity contribution in [3.8, 4) is 5.75 Å². The fourth-order valence-electron chi connectivity index (χ4n) is 4.55. The molecule has 0 aliphatic heterocycles. The van der Waals surface area contributed by atoms with E-state index in [4.69, 9.17) is 39.5 Å². The molecule has 0 spiro atoms. The van der Waals surface area contributed by atoms with Gasteiger partial charge in [-0.1, -0.05) is 40.9 Å². The van der Waals surface area contributed by atoms with Crippen molar-refractivity contribution in [3.05, 3.63) is 81.1 Å². The lowest BCUT2D eigenvalue weighted by molar-refractivity contribution is 0.0544. The van der Waals surface area contributed by atoms with Gasteiger partial charge in [0.15, 0.2) is 9.84 Å². The van der Waals surface area contributed by atoms with Gasteiger partial charge in [-0.15, -0.1) is 0 Å². The van der Waals surface area contributed by atoms with E-state index < -0.39 is 26.3 Å². The molecule has 0 bridgehead atoms. The monoisotopic (exact) mass is 571 g/mol. The molecule has 2 aromatic carbocycles. The van der Waals surface area contributed by atoms with E-state index in [1.807, 2.05) is 26.2 Å². The van der Waals surface area contributed by atoms with Gasteiger partial charge in [-0.2, -0.15) is 0 Å². The molecule has 1 fully saturated rings. The van der Waals surface area contributed by atoms with Crippen molar-refractivity contribution in [2.75, 3.05) is 14.1 Å². The third kappa shape index (κ3) is 6.11. The molecule has 0 N–H and O–H groups in total. The average Bonchev–Trinajstić information content (AvgIpc) is 2.83. The molecule has 3 aromatic rings. The van der Waals surface area contributed by atoms with Crippen LogP contribution in [0.25, 0.3) is 0 Å². The quantitative estimate of drug-likeness (QED) is 0.336. The van der Waals surface area contributed by atoms with Crippen LogP contribution in [0.5, 0.6) is 5.75 Å². The minimum Gasteiger partial charge on any atom is -0.487 e. The van der Waals surface area contributed by atoms with Crippen molar-refractivity contribution >= 4 is 44.6 Å². The summed E-state index contributed by atoms with van der Waals surface area (Å²) < 4.78 is 46.8. The van der Waals surface area contributed by atoms with Gasteiger partial charge in [0.1, 0.15) is 28.9 Å². The Morgan fingerprint density at radius 3 is 2.50 bits per heavy atom. The summed E-state index contributed by atoms with van der Waals surface area (Å²) in [7, 11) is -0.0957. The highest BCUT2D eigenvalue weighted by molar-refractivity contribution is 7.90. The second-order valence-corrected chi connectivity index (χ2v) is 12.2. The average molecular weight is 573 g/mol. The van der Waals surface area contributed by atoms with Crippen molar-refractivity contribution in [2.45, 2.75) is 48.0 Å². The van der Waals surface area contributed by atoms with Gasteiger partial charge < -0.3 is 9.64 Å². The molecule has 4 rings (SSSR count). The van der Waals surface area contributed by atoms with Gasteiger partial charge in [0.25, 0.3) is 0 Å². The van der Waals surface area contributed by atoms with Crippen LogP contribution < -0.4 is 4.74 Å². The number of sulfone groups is 1. The summed E-state index contributed by atoms with van der Waals surface area (Å²) in [5.74, 6) is -1.02. The molecule has 1 heterocycles. The molecule has 0 amide bonds. The number of hydrogen-bond donors (Lipinski definition) is 0. The summed E-state index contributed by atoms with van der Waals surface area (Å²) >= 11 is 18.7. The van der Waals surface area contributed by atoms with E-state index in [0.717, 1.165) is 30.5 Å². The van der Waals surface area contributed by atoms with Crippen LogP contribution >= 0.6 is 34.8 Å². The van der Waals surface area contributed by atoms with Crippen LogP contribution in [0.3, 0.4) is 0 Å². The van der Waals surface area contributed by atoms with Gasteiger partial charge in [0.05, 0.1) is 26.5 Å². The van der Waals surface area contributed by atoms with Gasteiger partial charge in [0, 0.05) is 18.3 Å². The zero-order valence-corrected chi connectivity index (χ0v) is 22.8. The molecule has 1 aliphatic rings. The Kier molecular flexibility index (Phi) is 8.42. The maximum absolute atomic E-state index is 15.0. The van der Waals surface area contributed by atoms with E-state index in [0.29, 0.717) is 16.5 Å². The predicted molar refractivity (Wildman–Crippen MR) is 139 cm³/mol. The summed E-state index contributed by atoms with van der Waals surface area (Å²) in [5.41, 5.74) is 1.37. The highest BCUT2D eigenvalue weighted by Crippen LogP contribution is 2.40. The highest BCUT2D eigenvalue weighted by atomic mass is 35.5. The number of benzene rings is 2. The first-order valence-electron chi connectivity index (χ1n) is 11.3. The van der Waals surface area contributed by atoms with E-state index in [2.05, 4.69) is 14.9 Å². The summed E-state index contributed by atoms with van der Waals surface area (Å²) in [6.07, 6.45) is 4.72. The Bertz CT molecular complexity index is 1340. The van der Waals surface area contributed by atoms with Gasteiger partial charge in [-0.3, -0.25) is 0 Å². The third-order valence-electron chi connectivity index (χ3n) is 6.41. The molecule has 1 aliphatic carbocycles. The molecule has 36 heavy (non-hydrogen) atoms. The Morgan fingerprint density at radius 2 is 1.83 bits per heavy atom. The molecule has 3 atom stereocenters. The number of likely N-dealkylation sites (N-methyl/N-ethyl adjacent to an activating group) is 1. The Morgan fingerprint density at radius 1 is 1.06 bits per heavy atom. The van der Waals surface area contributed by atoms with Gasteiger partial charge in [0.2, 0.25) is 0 Å². The van der Waals surface area contributed by atoms with E-state index in [-0.39, 0.29) is 34.5 Å². The largest absolute Gasteiger partial charge is 0.487 e. The predicted octanol–water partition coefficient (Wildman–Crippen LogP) is 6.20. The van der Waals surface area contributed by atoms with Crippen molar-refractivity contribution in [2.24, 2.45) is 0 Å². The molecule has 0 radical (unpaired) electrons. The van der Waals surface area contributed by atoms with Gasteiger partial charge in [-0.05, 0) is 69.1 Å². The number of aromatic nitrogens is 2. The second-order valence-electron chi connectivity index (χ2n) is 9.04. The molecule has 1 aromatic heterocycles. The van der Waals surface area contributed by atoms with E-state index in [9.17, 15) is 8.42 Å². The Hall–Kier alpha value is -1.97. The van der Waals surface area contributed by atoms with Crippen LogP contribution in [0.2, 0.25) is 15.1 Å². The fraction of sp³-hybridized carbons (Fsp3) is 0.360. The normalized spacial score (nSPS) is 20.5. The summed E-state index contributed by atoms with van der Waals surface area (Å²) in [6.45, 7) is 0. The van der Waals surface area contributed by atoms with E-state index >= 15 is 4.39 Å². The Labute approximate surface area is 225 Å². The molecular formula is C25H25Cl3FN3O3S. The maximum atomic E-state index is 15.0. The van der Waals surface area contributed by atoms with E-state index in [1.165, 1.54) is 18.6 Å². The van der Waals surface area contributed by atoms with Crippen LogP contribution in [0.1, 0.15) is 36.4 Å². The zero-order chi connectivity index (χ0) is 26.0. The molecule has 1 saturated carbocycles. The first kappa shape index (κ1) is 27.1. The van der Waals surface area contributed by atoms with Crippen molar-refractivity contribution < 1.29 is 17.5 Å². The molecule has 192 valence electrons. The van der Waals surface area contributed by atoms with Gasteiger partial charge in [-0.25, -0.2) is 22.8 Å². The van der Waals surface area contributed by atoms with Crippen LogP contribution in [0.4, 0.5) is 4.39 Å². The van der Waals surface area contributed by atoms with Crippen LogP contribution in [-0.2, 0) is 15.6 Å². The number of hydrogen-bond acceptors (Lipinski definition) is 6. The van der Waals surface area contributed by atoms with Crippen molar-refractivity contribution in [1.82, 2.24) is 14.9 Å². The number of ether oxygens (including phenoxy) is 1. The minimum atomic E-state index is -4.02. The highest BCUT2D eigenvalue weighted by Gasteiger charge is 2.35. The Balaban J connectivity index is 1.53. The topological polar surface area (TPSA) is 72.4 Å². The number of nitrogens with zero attached hydrogens (tertiary/aromatic N) is 3. The van der Waals surface area contributed by atoms with Crippen LogP contribution in [-0.4, -0.2) is 49.5 Å². The first-order valence-corrected chi connectivity index (χ1v) is 14.1. The van der Waals surface area contributed by atoms with Crippen LogP contribution in [0.15, 0.2) is 53.8 Å². The van der Waals surface area contributed by atoms with Crippen molar-refractivity contribution in [3.63, 3.8) is 0 Å². The molecular weight excluding hydrogens is 548 g/mol. The molecule has 11 heteroatoms. The maximum Gasteiger partial charge on any atom is 0.187 e.